The highest BCUT2D eigenvalue weighted by Crippen LogP contribution is 2.26. The van der Waals surface area contributed by atoms with Gasteiger partial charge in [-0.1, -0.05) is 29.8 Å². The van der Waals surface area contributed by atoms with Gasteiger partial charge in [0.1, 0.15) is 5.82 Å². The van der Waals surface area contributed by atoms with E-state index in [0.717, 1.165) is 0 Å². The van der Waals surface area contributed by atoms with Crippen molar-refractivity contribution in [2.24, 2.45) is 0 Å². The van der Waals surface area contributed by atoms with Crippen LogP contribution >= 0.6 is 11.6 Å². The Morgan fingerprint density at radius 2 is 2.00 bits per heavy atom. The van der Waals surface area contributed by atoms with Gasteiger partial charge in [0.2, 0.25) is 0 Å². The van der Waals surface area contributed by atoms with Crippen LogP contribution in [0.3, 0.4) is 0 Å². The lowest BCUT2D eigenvalue weighted by Crippen LogP contribution is -2.13. The Labute approximate surface area is 130 Å². The van der Waals surface area contributed by atoms with Gasteiger partial charge in [0, 0.05) is 16.3 Å². The molecule has 110 valence electrons. The topological polar surface area (TPSA) is 55.1 Å². The zero-order chi connectivity index (χ0) is 15.5. The van der Waals surface area contributed by atoms with E-state index >= 15 is 0 Å². The Hall–Kier alpha value is -2.66. The van der Waals surface area contributed by atoms with Crippen LogP contribution in [-0.4, -0.2) is 10.9 Å². The van der Waals surface area contributed by atoms with E-state index in [-0.39, 0.29) is 5.69 Å². The van der Waals surface area contributed by atoms with Crippen molar-refractivity contribution in [3.05, 3.63) is 71.5 Å². The minimum absolute atomic E-state index is 0.103. The van der Waals surface area contributed by atoms with Crippen molar-refractivity contribution in [2.45, 2.75) is 0 Å². The second-order valence-electron chi connectivity index (χ2n) is 4.50. The van der Waals surface area contributed by atoms with Gasteiger partial charge in [0.05, 0.1) is 0 Å². The summed E-state index contributed by atoms with van der Waals surface area (Å²) in [5, 5.41) is 3.09. The van der Waals surface area contributed by atoms with Gasteiger partial charge in [-0.2, -0.15) is 0 Å². The molecule has 0 bridgehead atoms. The molecule has 2 aromatic carbocycles. The molecule has 6 heteroatoms. The normalized spacial score (nSPS) is 10.5. The molecule has 22 heavy (non-hydrogen) atoms. The number of nitrogens with zero attached hydrogens (tertiary/aromatic N) is 1. The van der Waals surface area contributed by atoms with E-state index in [0.29, 0.717) is 22.0 Å². The number of carbonyl (C=O) groups is 1. The maximum atomic E-state index is 13.1. The van der Waals surface area contributed by atoms with E-state index in [1.807, 2.05) is 0 Å². The van der Waals surface area contributed by atoms with Crippen molar-refractivity contribution in [3.8, 4) is 11.3 Å². The quantitative estimate of drug-likeness (QED) is 0.779. The Balaban J connectivity index is 1.90. The summed E-state index contributed by atoms with van der Waals surface area (Å²) in [6.07, 6.45) is 1.18. The highest BCUT2D eigenvalue weighted by Gasteiger charge is 2.18. The molecule has 3 rings (SSSR count). The molecule has 0 unspecified atom stereocenters. The Kier molecular flexibility index (Phi) is 3.89. The number of anilines is 1. The van der Waals surface area contributed by atoms with Gasteiger partial charge in [0.15, 0.2) is 17.8 Å². The minimum atomic E-state index is -0.491. The fourth-order valence-electron chi connectivity index (χ4n) is 2.00. The highest BCUT2D eigenvalue weighted by molar-refractivity contribution is 6.30. The van der Waals surface area contributed by atoms with Crippen molar-refractivity contribution in [1.82, 2.24) is 4.98 Å². The van der Waals surface area contributed by atoms with E-state index in [2.05, 4.69) is 10.3 Å². The smallest absolute Gasteiger partial charge is 0.278 e. The Morgan fingerprint density at radius 1 is 1.18 bits per heavy atom. The minimum Gasteiger partial charge on any atom is -0.443 e. The van der Waals surface area contributed by atoms with Gasteiger partial charge in [-0.15, -0.1) is 0 Å². The SMILES string of the molecule is O=C(Nc1cccc(F)c1)c1ncoc1-c1cccc(Cl)c1. The summed E-state index contributed by atoms with van der Waals surface area (Å²) < 4.78 is 18.4. The predicted molar refractivity (Wildman–Crippen MR) is 81.3 cm³/mol. The Bertz CT molecular complexity index is 832. The van der Waals surface area contributed by atoms with E-state index < -0.39 is 11.7 Å². The van der Waals surface area contributed by atoms with Crippen molar-refractivity contribution in [3.63, 3.8) is 0 Å². The third-order valence-electron chi connectivity index (χ3n) is 2.95. The summed E-state index contributed by atoms with van der Waals surface area (Å²) >= 11 is 5.94. The maximum Gasteiger partial charge on any atom is 0.278 e. The molecule has 0 aliphatic carbocycles. The first-order chi connectivity index (χ1) is 10.6. The standard InChI is InChI=1S/C16H10ClFN2O2/c17-11-4-1-3-10(7-11)15-14(19-9-22-15)16(21)20-13-6-2-5-12(18)8-13/h1-9H,(H,20,21). The molecular formula is C16H10ClFN2O2. The number of aromatic nitrogens is 1. The number of amides is 1. The first kappa shape index (κ1) is 14.3. The summed E-state index contributed by atoms with van der Waals surface area (Å²) in [6.45, 7) is 0. The summed E-state index contributed by atoms with van der Waals surface area (Å²) in [5.74, 6) is -0.626. The van der Waals surface area contributed by atoms with Crippen molar-refractivity contribution in [2.75, 3.05) is 5.32 Å². The molecular weight excluding hydrogens is 307 g/mol. The molecule has 1 aromatic heterocycles. The molecule has 4 nitrogen and oxygen atoms in total. The molecule has 0 spiro atoms. The van der Waals surface area contributed by atoms with Crippen LogP contribution in [0, 0.1) is 5.82 Å². The van der Waals surface area contributed by atoms with Crippen LogP contribution in [0.2, 0.25) is 5.02 Å². The number of halogens is 2. The third-order valence-corrected chi connectivity index (χ3v) is 3.19. The average molecular weight is 317 g/mol. The highest BCUT2D eigenvalue weighted by atomic mass is 35.5. The van der Waals surface area contributed by atoms with E-state index in [1.165, 1.54) is 24.6 Å². The van der Waals surface area contributed by atoms with Crippen LogP contribution in [0.4, 0.5) is 10.1 Å². The van der Waals surface area contributed by atoms with Gasteiger partial charge in [0.25, 0.3) is 5.91 Å². The molecule has 0 radical (unpaired) electrons. The molecule has 0 atom stereocenters. The predicted octanol–water partition coefficient (Wildman–Crippen LogP) is 4.39. The number of hydrogen-bond acceptors (Lipinski definition) is 3. The van der Waals surface area contributed by atoms with Crippen molar-refractivity contribution in [1.29, 1.82) is 0 Å². The monoisotopic (exact) mass is 316 g/mol. The van der Waals surface area contributed by atoms with Crippen LogP contribution < -0.4 is 5.32 Å². The molecule has 0 saturated heterocycles. The summed E-state index contributed by atoms with van der Waals surface area (Å²) in [5.41, 5.74) is 1.07. The lowest BCUT2D eigenvalue weighted by molar-refractivity contribution is 0.102. The van der Waals surface area contributed by atoms with E-state index in [1.54, 1.807) is 30.3 Å². The molecule has 3 aromatic rings. The van der Waals surface area contributed by atoms with E-state index in [4.69, 9.17) is 16.0 Å². The van der Waals surface area contributed by atoms with Crippen LogP contribution in [0.1, 0.15) is 10.5 Å². The Morgan fingerprint density at radius 3 is 2.77 bits per heavy atom. The molecule has 0 aliphatic heterocycles. The molecule has 0 fully saturated rings. The number of nitrogens with one attached hydrogen (secondary N) is 1. The third kappa shape index (κ3) is 2.99. The van der Waals surface area contributed by atoms with Crippen LogP contribution in [0.5, 0.6) is 0 Å². The summed E-state index contributed by atoms with van der Waals surface area (Å²) in [7, 11) is 0. The molecule has 0 aliphatic rings. The zero-order valence-electron chi connectivity index (χ0n) is 11.2. The lowest BCUT2D eigenvalue weighted by atomic mass is 10.1. The number of hydrogen-bond donors (Lipinski definition) is 1. The van der Waals surface area contributed by atoms with Crippen molar-refractivity contribution >= 4 is 23.2 Å². The molecule has 1 N–H and O–H groups in total. The first-order valence-electron chi connectivity index (χ1n) is 6.40. The van der Waals surface area contributed by atoms with Gasteiger partial charge < -0.3 is 9.73 Å². The molecule has 1 heterocycles. The number of carbonyl (C=O) groups excluding carboxylic acids is 1. The largest absolute Gasteiger partial charge is 0.443 e. The molecule has 0 saturated carbocycles. The lowest BCUT2D eigenvalue weighted by Gasteiger charge is -2.05. The zero-order valence-corrected chi connectivity index (χ0v) is 12.0. The van der Waals surface area contributed by atoms with Crippen LogP contribution in [-0.2, 0) is 0 Å². The fourth-order valence-corrected chi connectivity index (χ4v) is 2.19. The summed E-state index contributed by atoms with van der Waals surface area (Å²) in [6, 6.07) is 12.5. The van der Waals surface area contributed by atoms with Gasteiger partial charge in [-0.3, -0.25) is 4.79 Å². The fraction of sp³-hybridized carbons (Fsp3) is 0. The van der Waals surface area contributed by atoms with Gasteiger partial charge in [-0.25, -0.2) is 9.37 Å². The van der Waals surface area contributed by atoms with Crippen LogP contribution in [0.25, 0.3) is 11.3 Å². The van der Waals surface area contributed by atoms with Gasteiger partial charge in [-0.05, 0) is 30.3 Å². The second kappa shape index (κ2) is 5.99. The number of rotatable bonds is 3. The maximum absolute atomic E-state index is 13.1. The number of benzene rings is 2. The molecule has 1 amide bonds. The first-order valence-corrected chi connectivity index (χ1v) is 6.77. The van der Waals surface area contributed by atoms with E-state index in [9.17, 15) is 9.18 Å². The average Bonchev–Trinajstić information content (AvgIpc) is 2.97. The van der Waals surface area contributed by atoms with Crippen LogP contribution in [0.15, 0.2) is 59.3 Å². The van der Waals surface area contributed by atoms with Gasteiger partial charge >= 0.3 is 0 Å². The second-order valence-corrected chi connectivity index (χ2v) is 4.94. The summed E-state index contributed by atoms with van der Waals surface area (Å²) in [4.78, 5) is 16.2. The number of oxazole rings is 1. The van der Waals surface area contributed by atoms with Crippen molar-refractivity contribution < 1.29 is 13.6 Å².